The number of aromatic nitrogens is 4. The molecule has 0 fully saturated rings. The van der Waals surface area contributed by atoms with Crippen LogP contribution in [0.4, 0.5) is 0 Å². The van der Waals surface area contributed by atoms with Crippen molar-refractivity contribution >= 4 is 10.0 Å². The van der Waals surface area contributed by atoms with Crippen LogP contribution in [-0.4, -0.2) is 45.5 Å². The molecule has 1 aliphatic heterocycles. The Hall–Kier alpha value is -3.36. The smallest absolute Gasteiger partial charge is 0.211 e. The number of aromatic amines is 1. The monoisotopic (exact) mass is 459 g/mol. The molecular formula is C25H25N5O2S. The van der Waals surface area contributed by atoms with Gasteiger partial charge in [-0.05, 0) is 53.6 Å². The predicted octanol–water partition coefficient (Wildman–Crippen LogP) is 3.75. The molecule has 33 heavy (non-hydrogen) atoms. The first-order chi connectivity index (χ1) is 15.9. The summed E-state index contributed by atoms with van der Waals surface area (Å²) in [6.45, 7) is 3.05. The van der Waals surface area contributed by atoms with Gasteiger partial charge in [0.1, 0.15) is 12.2 Å². The van der Waals surface area contributed by atoms with Crippen molar-refractivity contribution in [1.82, 2.24) is 24.2 Å². The van der Waals surface area contributed by atoms with Crippen molar-refractivity contribution in [1.29, 1.82) is 0 Å². The number of imidazole rings is 1. The molecule has 1 aliphatic rings. The zero-order valence-corrected chi connectivity index (χ0v) is 19.4. The molecule has 0 bridgehead atoms. The van der Waals surface area contributed by atoms with Crippen molar-refractivity contribution in [3.63, 3.8) is 0 Å². The van der Waals surface area contributed by atoms with Gasteiger partial charge in [-0.2, -0.15) is 4.31 Å². The molecule has 0 atom stereocenters. The molecule has 7 nitrogen and oxygen atoms in total. The summed E-state index contributed by atoms with van der Waals surface area (Å²) in [4.78, 5) is 16.2. The largest absolute Gasteiger partial charge is 0.338 e. The second-order valence-corrected chi connectivity index (χ2v) is 10.5. The molecule has 5 rings (SSSR count). The lowest BCUT2D eigenvalue weighted by atomic mass is 9.91. The standard InChI is InChI=1S/C25H25N5O2S/c1-17-6-7-18(11-23(17)25-28-14-24(29-25)21-12-26-16-27-13-21)10-19-4-3-5-20-15-30(33(2,31)32)9-8-22(19)20/h3-7,11-14,16H,8-10,15H2,1-2H3,(H,28,29). The van der Waals surface area contributed by atoms with Crippen molar-refractivity contribution in [3.05, 3.63) is 89.1 Å². The van der Waals surface area contributed by atoms with E-state index < -0.39 is 10.0 Å². The van der Waals surface area contributed by atoms with Crippen molar-refractivity contribution in [2.45, 2.75) is 26.3 Å². The van der Waals surface area contributed by atoms with E-state index in [-0.39, 0.29) is 0 Å². The van der Waals surface area contributed by atoms with Crippen LogP contribution in [0.2, 0.25) is 0 Å². The third-order valence-corrected chi connectivity index (χ3v) is 7.45. The van der Waals surface area contributed by atoms with Crippen LogP contribution in [0.3, 0.4) is 0 Å². The maximum absolute atomic E-state index is 12.0. The van der Waals surface area contributed by atoms with E-state index in [4.69, 9.17) is 0 Å². The maximum Gasteiger partial charge on any atom is 0.211 e. The van der Waals surface area contributed by atoms with Crippen LogP contribution >= 0.6 is 0 Å². The molecule has 0 amide bonds. The highest BCUT2D eigenvalue weighted by atomic mass is 32.2. The van der Waals surface area contributed by atoms with Crippen LogP contribution in [0, 0.1) is 6.92 Å². The molecule has 0 aliphatic carbocycles. The second kappa shape index (κ2) is 8.53. The average Bonchev–Trinajstić information content (AvgIpc) is 3.30. The zero-order valence-electron chi connectivity index (χ0n) is 18.6. The second-order valence-electron chi connectivity index (χ2n) is 8.50. The fraction of sp³-hybridized carbons (Fsp3) is 0.240. The number of H-pyrrole nitrogens is 1. The molecule has 1 N–H and O–H groups in total. The van der Waals surface area contributed by atoms with Crippen LogP contribution in [-0.2, 0) is 29.4 Å². The van der Waals surface area contributed by atoms with Crippen LogP contribution in [0.15, 0.2) is 61.3 Å². The molecule has 2 aromatic heterocycles. The van der Waals surface area contributed by atoms with E-state index in [1.165, 1.54) is 29.3 Å². The molecule has 0 unspecified atom stereocenters. The van der Waals surface area contributed by atoms with Crippen LogP contribution in [0.25, 0.3) is 22.6 Å². The topological polar surface area (TPSA) is 91.8 Å². The number of hydrogen-bond acceptors (Lipinski definition) is 5. The van der Waals surface area contributed by atoms with Gasteiger partial charge >= 0.3 is 0 Å². The number of benzene rings is 2. The number of aryl methyl sites for hydroxylation is 1. The Labute approximate surface area is 193 Å². The van der Waals surface area contributed by atoms with E-state index >= 15 is 0 Å². The third kappa shape index (κ3) is 4.44. The Morgan fingerprint density at radius 2 is 1.91 bits per heavy atom. The van der Waals surface area contributed by atoms with Crippen molar-refractivity contribution in [3.8, 4) is 22.6 Å². The van der Waals surface area contributed by atoms with E-state index in [9.17, 15) is 8.42 Å². The Balaban J connectivity index is 1.43. The number of nitrogens with zero attached hydrogens (tertiary/aromatic N) is 4. The number of nitrogens with one attached hydrogen (secondary N) is 1. The number of hydrogen-bond donors (Lipinski definition) is 1. The fourth-order valence-corrected chi connectivity index (χ4v) is 5.20. The molecule has 0 saturated heterocycles. The van der Waals surface area contributed by atoms with Gasteiger partial charge in [0, 0.05) is 36.6 Å². The Morgan fingerprint density at radius 1 is 1.09 bits per heavy atom. The minimum absolute atomic E-state index is 0.444. The van der Waals surface area contributed by atoms with Gasteiger partial charge in [0.15, 0.2) is 0 Å². The van der Waals surface area contributed by atoms with Gasteiger partial charge in [-0.1, -0.05) is 30.3 Å². The summed E-state index contributed by atoms with van der Waals surface area (Å²) < 4.78 is 25.5. The number of fused-ring (bicyclic) bond motifs is 1. The first kappa shape index (κ1) is 21.5. The summed E-state index contributed by atoms with van der Waals surface area (Å²) in [5.74, 6) is 0.812. The SMILES string of the molecule is Cc1ccc(Cc2cccc3c2CCN(S(C)(=O)=O)C3)cc1-c1ncc(-c2cncnc2)[nH]1. The Morgan fingerprint density at radius 3 is 2.70 bits per heavy atom. The molecule has 0 radical (unpaired) electrons. The van der Waals surface area contributed by atoms with E-state index in [0.29, 0.717) is 13.1 Å². The third-order valence-electron chi connectivity index (χ3n) is 6.20. The van der Waals surface area contributed by atoms with Crippen molar-refractivity contribution in [2.75, 3.05) is 12.8 Å². The van der Waals surface area contributed by atoms with E-state index in [0.717, 1.165) is 46.6 Å². The summed E-state index contributed by atoms with van der Waals surface area (Å²) in [5.41, 5.74) is 8.77. The molecule has 4 aromatic rings. The number of rotatable bonds is 5. The number of sulfonamides is 1. The summed E-state index contributed by atoms with van der Waals surface area (Å²) in [6, 6.07) is 12.7. The van der Waals surface area contributed by atoms with Gasteiger partial charge in [0.2, 0.25) is 10.0 Å². The summed E-state index contributed by atoms with van der Waals surface area (Å²) >= 11 is 0. The van der Waals surface area contributed by atoms with Gasteiger partial charge in [-0.3, -0.25) is 0 Å². The van der Waals surface area contributed by atoms with Gasteiger partial charge in [0.05, 0.1) is 18.1 Å². The van der Waals surface area contributed by atoms with E-state index in [2.05, 4.69) is 51.1 Å². The molecule has 168 valence electrons. The lowest BCUT2D eigenvalue weighted by molar-refractivity contribution is 0.394. The van der Waals surface area contributed by atoms with Gasteiger partial charge in [0.25, 0.3) is 0 Å². The Bertz CT molecular complexity index is 1410. The normalized spacial score (nSPS) is 14.2. The van der Waals surface area contributed by atoms with Gasteiger partial charge in [-0.15, -0.1) is 0 Å². The molecule has 0 spiro atoms. The predicted molar refractivity (Wildman–Crippen MR) is 128 cm³/mol. The van der Waals surface area contributed by atoms with Crippen LogP contribution < -0.4 is 0 Å². The van der Waals surface area contributed by atoms with Gasteiger partial charge < -0.3 is 4.98 Å². The lowest BCUT2D eigenvalue weighted by Crippen LogP contribution is -2.35. The summed E-state index contributed by atoms with van der Waals surface area (Å²) in [6.07, 6.45) is 9.64. The summed E-state index contributed by atoms with van der Waals surface area (Å²) in [5, 5.41) is 0. The van der Waals surface area contributed by atoms with Crippen LogP contribution in [0.5, 0.6) is 0 Å². The molecular weight excluding hydrogens is 434 g/mol. The Kier molecular flexibility index (Phi) is 5.55. The molecule has 2 aromatic carbocycles. The maximum atomic E-state index is 12.0. The van der Waals surface area contributed by atoms with Gasteiger partial charge in [-0.25, -0.2) is 23.4 Å². The minimum atomic E-state index is -3.18. The highest BCUT2D eigenvalue weighted by Crippen LogP contribution is 2.29. The van der Waals surface area contributed by atoms with E-state index in [1.54, 1.807) is 22.9 Å². The summed E-state index contributed by atoms with van der Waals surface area (Å²) in [7, 11) is -3.18. The minimum Gasteiger partial charge on any atom is -0.338 e. The molecule has 3 heterocycles. The average molecular weight is 460 g/mol. The highest BCUT2D eigenvalue weighted by Gasteiger charge is 2.24. The van der Waals surface area contributed by atoms with Crippen molar-refractivity contribution in [2.24, 2.45) is 0 Å². The highest BCUT2D eigenvalue weighted by molar-refractivity contribution is 7.88. The van der Waals surface area contributed by atoms with E-state index in [1.807, 2.05) is 12.1 Å². The molecule has 8 heteroatoms. The first-order valence-corrected chi connectivity index (χ1v) is 12.7. The van der Waals surface area contributed by atoms with Crippen molar-refractivity contribution < 1.29 is 8.42 Å². The molecule has 0 saturated carbocycles. The fourth-order valence-electron chi connectivity index (χ4n) is 4.41. The first-order valence-electron chi connectivity index (χ1n) is 10.8. The lowest BCUT2D eigenvalue weighted by Gasteiger charge is -2.28. The quantitative estimate of drug-likeness (QED) is 0.491. The zero-order chi connectivity index (χ0) is 23.0. The van der Waals surface area contributed by atoms with Crippen LogP contribution in [0.1, 0.15) is 27.8 Å².